The van der Waals surface area contributed by atoms with E-state index in [1.807, 2.05) is 24.3 Å². The normalized spacial score (nSPS) is 12.8. The quantitative estimate of drug-likeness (QED) is 0.561. The molecule has 0 aliphatic carbocycles. The summed E-state index contributed by atoms with van der Waals surface area (Å²) in [5, 5.41) is 0. The van der Waals surface area contributed by atoms with E-state index >= 15 is 0 Å². The molecular formula is C23H19N3O3. The number of carbonyl (C=O) groups excluding carboxylic acids is 1. The summed E-state index contributed by atoms with van der Waals surface area (Å²) >= 11 is 0. The van der Waals surface area contributed by atoms with Crippen molar-refractivity contribution in [2.75, 3.05) is 13.2 Å². The summed E-state index contributed by atoms with van der Waals surface area (Å²) in [5.74, 6) is 1.92. The number of ether oxygens (including phenoxy) is 2. The zero-order chi connectivity index (χ0) is 19.8. The van der Waals surface area contributed by atoms with Crippen LogP contribution in [0.3, 0.4) is 0 Å². The Balaban J connectivity index is 1.37. The van der Waals surface area contributed by atoms with Gasteiger partial charge in [-0.15, -0.1) is 0 Å². The first-order valence-electron chi connectivity index (χ1n) is 9.43. The molecule has 0 fully saturated rings. The lowest BCUT2D eigenvalue weighted by Gasteiger charge is -2.18. The highest BCUT2D eigenvalue weighted by Crippen LogP contribution is 2.31. The van der Waals surface area contributed by atoms with Gasteiger partial charge < -0.3 is 20.2 Å². The number of aromatic amines is 1. The standard InChI is InChI=1S/C23H19N3O3/c24-22(27)17-6-7-18-19(13-17)26-23(25-18)16-4-1-14(2-5-16)11-15-3-8-20-21(12-15)29-10-9-28-20/h1-8,12-13H,9-11H2,(H2,24,27)(H,25,26). The Morgan fingerprint density at radius 1 is 0.931 bits per heavy atom. The number of benzene rings is 3. The second kappa shape index (κ2) is 6.98. The number of rotatable bonds is 4. The number of primary amides is 1. The third kappa shape index (κ3) is 3.40. The number of amides is 1. The van der Waals surface area contributed by atoms with Crippen LogP contribution in [0.1, 0.15) is 21.5 Å². The van der Waals surface area contributed by atoms with Crippen LogP contribution in [0.5, 0.6) is 11.5 Å². The van der Waals surface area contributed by atoms with E-state index in [1.165, 1.54) is 11.1 Å². The van der Waals surface area contributed by atoms with Crippen LogP contribution in [0.4, 0.5) is 0 Å². The number of imidazole rings is 1. The van der Waals surface area contributed by atoms with Crippen LogP contribution in [0.2, 0.25) is 0 Å². The largest absolute Gasteiger partial charge is 0.486 e. The van der Waals surface area contributed by atoms with E-state index in [4.69, 9.17) is 15.2 Å². The molecule has 1 aliphatic rings. The van der Waals surface area contributed by atoms with Crippen molar-refractivity contribution in [1.29, 1.82) is 0 Å². The third-order valence-electron chi connectivity index (χ3n) is 5.01. The van der Waals surface area contributed by atoms with Crippen molar-refractivity contribution in [1.82, 2.24) is 9.97 Å². The minimum absolute atomic E-state index is 0.452. The van der Waals surface area contributed by atoms with Gasteiger partial charge in [0.15, 0.2) is 11.5 Å². The molecule has 0 atom stereocenters. The van der Waals surface area contributed by atoms with Crippen LogP contribution in [0, 0.1) is 0 Å². The lowest BCUT2D eigenvalue weighted by Crippen LogP contribution is -2.15. The number of carbonyl (C=O) groups is 1. The van der Waals surface area contributed by atoms with E-state index in [0.29, 0.717) is 18.8 Å². The molecule has 4 aromatic rings. The fourth-order valence-electron chi connectivity index (χ4n) is 3.51. The summed E-state index contributed by atoms with van der Waals surface area (Å²) in [6.07, 6.45) is 0.805. The molecule has 0 unspecified atom stereocenters. The topological polar surface area (TPSA) is 90.2 Å². The first-order valence-corrected chi connectivity index (χ1v) is 9.43. The van der Waals surface area contributed by atoms with Crippen LogP contribution in [-0.2, 0) is 6.42 Å². The SMILES string of the molecule is NC(=O)c1ccc2nc(-c3ccc(Cc4ccc5c(c4)OCCO5)cc3)[nH]c2c1. The molecule has 0 bridgehead atoms. The van der Waals surface area contributed by atoms with Gasteiger partial charge in [0.25, 0.3) is 0 Å². The molecule has 0 spiro atoms. The number of nitrogens with two attached hydrogens (primary N) is 1. The molecule has 3 N–H and O–H groups in total. The number of aromatic nitrogens is 2. The van der Waals surface area contributed by atoms with E-state index in [1.54, 1.807) is 18.2 Å². The van der Waals surface area contributed by atoms with E-state index in [-0.39, 0.29) is 0 Å². The first-order chi connectivity index (χ1) is 14.2. The summed E-state index contributed by atoms with van der Waals surface area (Å²) in [4.78, 5) is 19.2. The fraction of sp³-hybridized carbons (Fsp3) is 0.130. The van der Waals surface area contributed by atoms with E-state index in [0.717, 1.165) is 40.3 Å². The highest BCUT2D eigenvalue weighted by molar-refractivity contribution is 5.96. The number of hydrogen-bond donors (Lipinski definition) is 2. The maximum Gasteiger partial charge on any atom is 0.248 e. The van der Waals surface area contributed by atoms with Crippen molar-refractivity contribution in [3.05, 3.63) is 77.4 Å². The van der Waals surface area contributed by atoms with Gasteiger partial charge in [0.2, 0.25) is 5.91 Å². The van der Waals surface area contributed by atoms with Crippen molar-refractivity contribution in [3.8, 4) is 22.9 Å². The van der Waals surface area contributed by atoms with Crippen molar-refractivity contribution in [2.45, 2.75) is 6.42 Å². The Kier molecular flexibility index (Phi) is 4.17. The van der Waals surface area contributed by atoms with Crippen LogP contribution in [-0.4, -0.2) is 29.1 Å². The Labute approximate surface area is 167 Å². The van der Waals surface area contributed by atoms with Crippen molar-refractivity contribution in [2.24, 2.45) is 5.73 Å². The number of nitrogens with one attached hydrogen (secondary N) is 1. The van der Waals surface area contributed by atoms with Crippen LogP contribution in [0.25, 0.3) is 22.4 Å². The molecule has 1 aromatic heterocycles. The van der Waals surface area contributed by atoms with Gasteiger partial charge in [-0.1, -0.05) is 30.3 Å². The lowest BCUT2D eigenvalue weighted by molar-refractivity contribution is 0.100. The highest BCUT2D eigenvalue weighted by atomic mass is 16.6. The molecule has 0 saturated heterocycles. The predicted octanol–water partition coefficient (Wildman–Crippen LogP) is 3.69. The zero-order valence-electron chi connectivity index (χ0n) is 15.6. The van der Waals surface area contributed by atoms with E-state index in [2.05, 4.69) is 28.2 Å². The van der Waals surface area contributed by atoms with Crippen LogP contribution >= 0.6 is 0 Å². The van der Waals surface area contributed by atoms with Crippen molar-refractivity contribution in [3.63, 3.8) is 0 Å². The Morgan fingerprint density at radius 3 is 2.48 bits per heavy atom. The van der Waals surface area contributed by atoms with Gasteiger partial charge in [0.05, 0.1) is 11.0 Å². The second-order valence-electron chi connectivity index (χ2n) is 7.03. The smallest absolute Gasteiger partial charge is 0.248 e. The molecule has 1 amide bonds. The monoisotopic (exact) mass is 385 g/mol. The summed E-state index contributed by atoms with van der Waals surface area (Å²) in [7, 11) is 0. The highest BCUT2D eigenvalue weighted by Gasteiger charge is 2.12. The molecule has 144 valence electrons. The Morgan fingerprint density at radius 2 is 1.69 bits per heavy atom. The van der Waals surface area contributed by atoms with E-state index < -0.39 is 5.91 Å². The Hall–Kier alpha value is -3.80. The summed E-state index contributed by atoms with van der Waals surface area (Å²) in [6, 6.07) is 19.5. The van der Waals surface area contributed by atoms with Crippen LogP contribution in [0.15, 0.2) is 60.7 Å². The molecule has 6 nitrogen and oxygen atoms in total. The molecule has 29 heavy (non-hydrogen) atoms. The van der Waals surface area contributed by atoms with E-state index in [9.17, 15) is 4.79 Å². The van der Waals surface area contributed by atoms with Gasteiger partial charge in [-0.2, -0.15) is 0 Å². The maximum absolute atomic E-state index is 11.4. The van der Waals surface area contributed by atoms with Gasteiger partial charge in [0.1, 0.15) is 19.0 Å². The van der Waals surface area contributed by atoms with Gasteiger partial charge in [-0.3, -0.25) is 4.79 Å². The molecule has 0 radical (unpaired) electrons. The average Bonchev–Trinajstić information content (AvgIpc) is 3.17. The average molecular weight is 385 g/mol. The van der Waals surface area contributed by atoms with Gasteiger partial charge in [-0.25, -0.2) is 4.98 Å². The third-order valence-corrected chi connectivity index (χ3v) is 5.01. The predicted molar refractivity (Wildman–Crippen MR) is 110 cm³/mol. The minimum atomic E-state index is -0.452. The fourth-order valence-corrected chi connectivity index (χ4v) is 3.51. The Bertz CT molecular complexity index is 1210. The van der Waals surface area contributed by atoms with Gasteiger partial charge in [0, 0.05) is 11.1 Å². The molecular weight excluding hydrogens is 366 g/mol. The molecule has 5 rings (SSSR count). The minimum Gasteiger partial charge on any atom is -0.486 e. The maximum atomic E-state index is 11.4. The molecule has 3 aromatic carbocycles. The molecule has 0 saturated carbocycles. The summed E-state index contributed by atoms with van der Waals surface area (Å²) in [5.41, 5.74) is 10.7. The second-order valence-corrected chi connectivity index (χ2v) is 7.03. The zero-order valence-corrected chi connectivity index (χ0v) is 15.6. The molecule has 1 aliphatic heterocycles. The molecule has 6 heteroatoms. The van der Waals surface area contributed by atoms with Crippen LogP contribution < -0.4 is 15.2 Å². The van der Waals surface area contributed by atoms with Gasteiger partial charge in [-0.05, 0) is 47.9 Å². The lowest BCUT2D eigenvalue weighted by atomic mass is 10.0. The summed E-state index contributed by atoms with van der Waals surface area (Å²) in [6.45, 7) is 1.18. The number of hydrogen-bond acceptors (Lipinski definition) is 4. The molecule has 2 heterocycles. The number of fused-ring (bicyclic) bond motifs is 2. The first kappa shape index (κ1) is 17.3. The summed E-state index contributed by atoms with van der Waals surface area (Å²) < 4.78 is 11.2. The van der Waals surface area contributed by atoms with Gasteiger partial charge >= 0.3 is 0 Å². The number of nitrogens with zero attached hydrogens (tertiary/aromatic N) is 1. The van der Waals surface area contributed by atoms with Crippen molar-refractivity contribution >= 4 is 16.9 Å². The van der Waals surface area contributed by atoms with Crippen molar-refractivity contribution < 1.29 is 14.3 Å². The number of H-pyrrole nitrogens is 1.